The monoisotopic (exact) mass is 430 g/mol. The number of carbonyl (C=O) groups is 1. The van der Waals surface area contributed by atoms with Gasteiger partial charge in [0.2, 0.25) is 0 Å². The van der Waals surface area contributed by atoms with Gasteiger partial charge in [-0.15, -0.1) is 0 Å². The van der Waals surface area contributed by atoms with E-state index in [9.17, 15) is 24.9 Å². The number of aliphatic hydroxyl groups is 3. The maximum Gasteiger partial charge on any atom is 0.276 e. The summed E-state index contributed by atoms with van der Waals surface area (Å²) in [6.07, 6.45) is -3.45. The number of H-pyrrole nitrogens is 1. The van der Waals surface area contributed by atoms with E-state index in [1.165, 1.54) is 6.07 Å². The molecular formula is C20H19ClN4O5. The highest BCUT2D eigenvalue weighted by atomic mass is 35.5. The first-order valence-corrected chi connectivity index (χ1v) is 9.29. The van der Waals surface area contributed by atoms with E-state index in [1.807, 2.05) is 6.92 Å². The Bertz CT molecular complexity index is 1160. The minimum Gasteiger partial charge on any atom is -0.394 e. The lowest BCUT2D eigenvalue weighted by molar-refractivity contribution is 0.0183. The molecule has 1 heterocycles. The van der Waals surface area contributed by atoms with Crippen molar-refractivity contribution in [3.8, 4) is 0 Å². The van der Waals surface area contributed by atoms with Crippen molar-refractivity contribution in [3.05, 3.63) is 74.7 Å². The third-order valence-corrected chi connectivity index (χ3v) is 4.56. The first-order chi connectivity index (χ1) is 14.3. The molecular weight excluding hydrogens is 412 g/mol. The molecule has 3 rings (SSSR count). The molecule has 156 valence electrons. The summed E-state index contributed by atoms with van der Waals surface area (Å²) >= 11 is 5.97. The highest BCUT2D eigenvalue weighted by Crippen LogP contribution is 2.15. The Balaban J connectivity index is 2.04. The van der Waals surface area contributed by atoms with Crippen LogP contribution < -0.4 is 11.0 Å². The number of halogens is 1. The van der Waals surface area contributed by atoms with Gasteiger partial charge < -0.3 is 20.3 Å². The highest BCUT2D eigenvalue weighted by Gasteiger charge is 2.27. The molecule has 9 nitrogen and oxygen atoms in total. The second kappa shape index (κ2) is 9.14. The zero-order valence-electron chi connectivity index (χ0n) is 15.8. The fourth-order valence-corrected chi connectivity index (χ4v) is 2.82. The Hall–Kier alpha value is -3.11. The number of hydrogen-bond donors (Lipinski definition) is 5. The minimum atomic E-state index is -1.79. The number of aromatic nitrogens is 2. The van der Waals surface area contributed by atoms with Crippen LogP contribution in [0.4, 0.5) is 0 Å². The average Bonchev–Trinajstić information content (AvgIpc) is 2.73. The van der Waals surface area contributed by atoms with Crippen molar-refractivity contribution in [3.63, 3.8) is 0 Å². The molecule has 0 aliphatic heterocycles. The predicted octanol–water partition coefficient (Wildman–Crippen LogP) is 0.733. The second-order valence-electron chi connectivity index (χ2n) is 6.57. The van der Waals surface area contributed by atoms with E-state index in [0.29, 0.717) is 21.6 Å². The van der Waals surface area contributed by atoms with Crippen molar-refractivity contribution >= 4 is 34.3 Å². The third kappa shape index (κ3) is 4.71. The van der Waals surface area contributed by atoms with Crippen LogP contribution in [0.25, 0.3) is 11.0 Å². The van der Waals surface area contributed by atoms with Crippen LogP contribution in [0.1, 0.15) is 21.6 Å². The van der Waals surface area contributed by atoms with Gasteiger partial charge in [-0.2, -0.15) is 5.10 Å². The van der Waals surface area contributed by atoms with Gasteiger partial charge in [0.15, 0.2) is 5.69 Å². The van der Waals surface area contributed by atoms with E-state index >= 15 is 0 Å². The molecule has 1 amide bonds. The summed E-state index contributed by atoms with van der Waals surface area (Å²) in [6, 6.07) is 11.3. The summed E-state index contributed by atoms with van der Waals surface area (Å²) in [5, 5.41) is 33.6. The van der Waals surface area contributed by atoms with Gasteiger partial charge in [-0.05, 0) is 37.3 Å². The Kier molecular flexibility index (Phi) is 6.58. The SMILES string of the molecule is Cc1ccc(C(=O)NN=C(c2nc3cc(Cl)ccc3[nH]c2=O)C(O)C(O)CO)cc1. The number of hydrogen-bond acceptors (Lipinski definition) is 7. The summed E-state index contributed by atoms with van der Waals surface area (Å²) < 4.78 is 0. The molecule has 0 fully saturated rings. The van der Waals surface area contributed by atoms with Crippen LogP contribution in [0.5, 0.6) is 0 Å². The number of amides is 1. The third-order valence-electron chi connectivity index (χ3n) is 4.32. The standard InChI is InChI=1S/C20H19ClN4O5/c1-10-2-4-11(5-3-10)19(29)25-24-16(18(28)15(27)9-26)17-20(30)23-13-7-6-12(21)8-14(13)22-17/h2-8,15,18,26-28H,9H2,1H3,(H,23,30)(H,25,29). The van der Waals surface area contributed by atoms with Crippen LogP contribution in [-0.4, -0.2) is 55.7 Å². The van der Waals surface area contributed by atoms with Gasteiger partial charge in [0, 0.05) is 10.6 Å². The second-order valence-corrected chi connectivity index (χ2v) is 7.01. The van der Waals surface area contributed by atoms with Crippen LogP contribution in [0, 0.1) is 6.92 Å². The molecule has 10 heteroatoms. The molecule has 2 aromatic carbocycles. The lowest BCUT2D eigenvalue weighted by Crippen LogP contribution is -2.41. The van der Waals surface area contributed by atoms with Crippen molar-refractivity contribution in [2.45, 2.75) is 19.1 Å². The molecule has 30 heavy (non-hydrogen) atoms. The van der Waals surface area contributed by atoms with E-state index in [2.05, 4.69) is 20.5 Å². The van der Waals surface area contributed by atoms with Crippen molar-refractivity contribution in [2.24, 2.45) is 5.10 Å². The number of nitrogens with one attached hydrogen (secondary N) is 2. The quantitative estimate of drug-likeness (QED) is 0.287. The van der Waals surface area contributed by atoms with Gasteiger partial charge >= 0.3 is 0 Å². The van der Waals surface area contributed by atoms with E-state index in [-0.39, 0.29) is 5.69 Å². The van der Waals surface area contributed by atoms with E-state index < -0.39 is 36.0 Å². The van der Waals surface area contributed by atoms with Crippen LogP contribution in [0.3, 0.4) is 0 Å². The number of aliphatic hydroxyl groups excluding tert-OH is 3. The van der Waals surface area contributed by atoms with E-state index in [0.717, 1.165) is 5.56 Å². The zero-order chi connectivity index (χ0) is 21.8. The number of aromatic amines is 1. The van der Waals surface area contributed by atoms with Crippen molar-refractivity contribution in [1.29, 1.82) is 0 Å². The van der Waals surface area contributed by atoms with Crippen LogP contribution in [0.2, 0.25) is 5.02 Å². The first-order valence-electron chi connectivity index (χ1n) is 8.91. The molecule has 2 unspecified atom stereocenters. The molecule has 0 saturated heterocycles. The smallest absolute Gasteiger partial charge is 0.276 e. The molecule has 0 radical (unpaired) electrons. The number of carbonyl (C=O) groups excluding carboxylic acids is 1. The number of nitrogens with zero attached hydrogens (tertiary/aromatic N) is 2. The van der Waals surface area contributed by atoms with E-state index in [1.54, 1.807) is 36.4 Å². The largest absolute Gasteiger partial charge is 0.394 e. The summed E-state index contributed by atoms with van der Waals surface area (Å²) in [7, 11) is 0. The maximum atomic E-state index is 12.5. The molecule has 0 spiro atoms. The fraction of sp³-hybridized carbons (Fsp3) is 0.200. The predicted molar refractivity (Wildman–Crippen MR) is 112 cm³/mol. The fourth-order valence-electron chi connectivity index (χ4n) is 2.65. The summed E-state index contributed by atoms with van der Waals surface area (Å²) in [5.41, 5.74) is 2.74. The Morgan fingerprint density at radius 2 is 1.93 bits per heavy atom. The summed E-state index contributed by atoms with van der Waals surface area (Å²) in [4.78, 5) is 31.6. The maximum absolute atomic E-state index is 12.5. The topological polar surface area (TPSA) is 148 Å². The van der Waals surface area contributed by atoms with Gasteiger partial charge in [-0.3, -0.25) is 9.59 Å². The molecule has 0 aliphatic rings. The van der Waals surface area contributed by atoms with Gasteiger partial charge in [0.25, 0.3) is 11.5 Å². The number of rotatable bonds is 6. The van der Waals surface area contributed by atoms with Gasteiger partial charge in [-0.1, -0.05) is 29.3 Å². The Labute approximate surface area is 175 Å². The lowest BCUT2D eigenvalue weighted by Gasteiger charge is -2.17. The summed E-state index contributed by atoms with van der Waals surface area (Å²) in [6.45, 7) is 1.07. The average molecular weight is 431 g/mol. The Morgan fingerprint density at radius 1 is 1.23 bits per heavy atom. The van der Waals surface area contributed by atoms with Crippen LogP contribution in [-0.2, 0) is 0 Å². The summed E-state index contributed by atoms with van der Waals surface area (Å²) in [5.74, 6) is -0.599. The van der Waals surface area contributed by atoms with Gasteiger partial charge in [0.1, 0.15) is 17.9 Å². The number of aryl methyl sites for hydroxylation is 1. The normalized spacial score (nSPS) is 13.8. The molecule has 0 saturated carbocycles. The molecule has 0 bridgehead atoms. The lowest BCUT2D eigenvalue weighted by atomic mass is 10.1. The molecule has 3 aromatic rings. The van der Waals surface area contributed by atoms with Crippen LogP contribution >= 0.6 is 11.6 Å². The number of benzene rings is 2. The number of hydrazone groups is 1. The molecule has 0 aliphatic carbocycles. The Morgan fingerprint density at radius 3 is 2.60 bits per heavy atom. The highest BCUT2D eigenvalue weighted by molar-refractivity contribution is 6.31. The molecule has 2 atom stereocenters. The first kappa shape index (κ1) is 21.6. The van der Waals surface area contributed by atoms with Crippen molar-refractivity contribution < 1.29 is 20.1 Å². The minimum absolute atomic E-state index is 0.299. The molecule has 1 aromatic heterocycles. The molecule has 5 N–H and O–H groups in total. The van der Waals surface area contributed by atoms with E-state index in [4.69, 9.17) is 11.6 Å². The number of fused-ring (bicyclic) bond motifs is 1. The van der Waals surface area contributed by atoms with Crippen molar-refractivity contribution in [1.82, 2.24) is 15.4 Å². The van der Waals surface area contributed by atoms with Crippen LogP contribution in [0.15, 0.2) is 52.4 Å². The zero-order valence-corrected chi connectivity index (χ0v) is 16.6. The van der Waals surface area contributed by atoms with Crippen molar-refractivity contribution in [2.75, 3.05) is 6.61 Å². The van der Waals surface area contributed by atoms with Gasteiger partial charge in [0.05, 0.1) is 17.6 Å². The van der Waals surface area contributed by atoms with Gasteiger partial charge in [-0.25, -0.2) is 10.4 Å².